The Morgan fingerprint density at radius 1 is 1.42 bits per heavy atom. The zero-order chi connectivity index (χ0) is 13.7. The number of nitrogens with zero attached hydrogens (tertiary/aromatic N) is 1. The van der Waals surface area contributed by atoms with Gasteiger partial charge in [0.1, 0.15) is 5.82 Å². The van der Waals surface area contributed by atoms with E-state index in [4.69, 9.17) is 0 Å². The predicted octanol–water partition coefficient (Wildman–Crippen LogP) is 2.24. The summed E-state index contributed by atoms with van der Waals surface area (Å²) in [5.41, 5.74) is 0.502. The summed E-state index contributed by atoms with van der Waals surface area (Å²) < 4.78 is 12.8. The van der Waals surface area contributed by atoms with E-state index in [1.807, 2.05) is 0 Å². The summed E-state index contributed by atoms with van der Waals surface area (Å²) in [6.45, 7) is 5.15. The van der Waals surface area contributed by atoms with Crippen LogP contribution in [0, 0.1) is 12.2 Å². The molecular weight excluding hydrogens is 243 g/mol. The van der Waals surface area contributed by atoms with E-state index in [1.165, 1.54) is 24.3 Å². The van der Waals surface area contributed by atoms with Gasteiger partial charge in [0.25, 0.3) is 5.91 Å². The molecule has 1 heterocycles. The molecule has 0 aromatic heterocycles. The minimum atomic E-state index is -0.324. The summed E-state index contributed by atoms with van der Waals surface area (Å²) in [4.78, 5) is 14.4. The number of benzene rings is 1. The summed E-state index contributed by atoms with van der Waals surface area (Å²) in [5, 5.41) is 2.98. The van der Waals surface area contributed by atoms with Crippen molar-refractivity contribution in [2.75, 3.05) is 19.6 Å². The fourth-order valence-electron chi connectivity index (χ4n) is 2.38. The molecule has 1 amide bonds. The molecule has 1 aliphatic heterocycles. The summed E-state index contributed by atoms with van der Waals surface area (Å²) in [5.74, 6) is -0.463. The smallest absolute Gasteiger partial charge is 0.251 e. The van der Waals surface area contributed by atoms with Crippen LogP contribution in [0.25, 0.3) is 0 Å². The maximum Gasteiger partial charge on any atom is 0.251 e. The van der Waals surface area contributed by atoms with Crippen LogP contribution in [0.1, 0.15) is 30.1 Å². The number of carbonyl (C=O) groups excluding carboxylic acids is 1. The Kier molecular flexibility index (Phi) is 4.91. The van der Waals surface area contributed by atoms with Crippen molar-refractivity contribution in [3.63, 3.8) is 0 Å². The van der Waals surface area contributed by atoms with Gasteiger partial charge in [-0.05, 0) is 56.6 Å². The highest BCUT2D eigenvalue weighted by Crippen LogP contribution is 2.10. The quantitative estimate of drug-likeness (QED) is 0.903. The monoisotopic (exact) mass is 263 g/mol. The van der Waals surface area contributed by atoms with Crippen LogP contribution < -0.4 is 5.32 Å². The Morgan fingerprint density at radius 2 is 2.16 bits per heavy atom. The molecule has 103 valence electrons. The van der Waals surface area contributed by atoms with Gasteiger partial charge in [-0.25, -0.2) is 4.39 Å². The molecule has 4 heteroatoms. The van der Waals surface area contributed by atoms with Crippen molar-refractivity contribution in [2.45, 2.75) is 25.8 Å². The third-order valence-electron chi connectivity index (χ3n) is 3.31. The molecule has 1 radical (unpaired) electrons. The van der Waals surface area contributed by atoms with Crippen molar-refractivity contribution in [3.05, 3.63) is 42.1 Å². The Hall–Kier alpha value is -1.42. The highest BCUT2D eigenvalue weighted by Gasteiger charge is 2.21. The number of piperidine rings is 1. The fraction of sp³-hybridized carbons (Fsp3) is 0.467. The van der Waals surface area contributed by atoms with Crippen molar-refractivity contribution >= 4 is 5.91 Å². The Balaban J connectivity index is 1.89. The standard InChI is InChI=1S/C15H20FN2O/c1-2-9-18-10-3-4-14(11-18)17-15(19)12-5-7-13(16)8-6-12/h4-8,14H,2-3,9-11H2,1H3,(H,17,19). The number of halogens is 1. The van der Waals surface area contributed by atoms with Crippen LogP contribution in [0.5, 0.6) is 0 Å². The first-order valence-electron chi connectivity index (χ1n) is 6.81. The molecule has 1 aromatic rings. The minimum Gasteiger partial charge on any atom is -0.348 e. The van der Waals surface area contributed by atoms with Crippen LogP contribution in [0.15, 0.2) is 24.3 Å². The molecule has 1 aliphatic rings. The molecule has 0 saturated carbocycles. The predicted molar refractivity (Wildman–Crippen MR) is 73.3 cm³/mol. The van der Waals surface area contributed by atoms with Gasteiger partial charge >= 0.3 is 0 Å². The molecule has 0 aliphatic carbocycles. The van der Waals surface area contributed by atoms with Crippen molar-refractivity contribution in [2.24, 2.45) is 0 Å². The highest BCUT2D eigenvalue weighted by molar-refractivity contribution is 5.94. The molecule has 1 aromatic carbocycles. The van der Waals surface area contributed by atoms with Gasteiger partial charge in [0.05, 0.1) is 0 Å². The Bertz CT molecular complexity index is 417. The molecule has 1 saturated heterocycles. The van der Waals surface area contributed by atoms with E-state index in [-0.39, 0.29) is 17.8 Å². The molecule has 1 N–H and O–H groups in total. The zero-order valence-corrected chi connectivity index (χ0v) is 11.2. The van der Waals surface area contributed by atoms with Crippen molar-refractivity contribution in [1.29, 1.82) is 0 Å². The van der Waals surface area contributed by atoms with E-state index in [1.54, 1.807) is 0 Å². The number of likely N-dealkylation sites (tertiary alicyclic amines) is 1. The number of hydrogen-bond acceptors (Lipinski definition) is 2. The van der Waals surface area contributed by atoms with Crippen LogP contribution >= 0.6 is 0 Å². The average molecular weight is 263 g/mol. The first-order chi connectivity index (χ1) is 9.19. The molecule has 0 spiro atoms. The van der Waals surface area contributed by atoms with Gasteiger partial charge in [-0.2, -0.15) is 0 Å². The van der Waals surface area contributed by atoms with E-state index in [2.05, 4.69) is 23.6 Å². The van der Waals surface area contributed by atoms with E-state index in [0.717, 1.165) is 32.5 Å². The van der Waals surface area contributed by atoms with Gasteiger partial charge in [-0.3, -0.25) is 4.79 Å². The number of rotatable bonds is 4. The first kappa shape index (κ1) is 14.0. The average Bonchev–Trinajstić information content (AvgIpc) is 2.40. The molecule has 2 rings (SSSR count). The van der Waals surface area contributed by atoms with Crippen LogP contribution in [-0.4, -0.2) is 36.5 Å². The number of hydrogen-bond donors (Lipinski definition) is 1. The number of carbonyl (C=O) groups is 1. The van der Waals surface area contributed by atoms with Gasteiger partial charge < -0.3 is 10.2 Å². The fourth-order valence-corrected chi connectivity index (χ4v) is 2.38. The Morgan fingerprint density at radius 3 is 2.84 bits per heavy atom. The van der Waals surface area contributed by atoms with Crippen molar-refractivity contribution in [3.8, 4) is 0 Å². The Labute approximate surface area is 113 Å². The van der Waals surface area contributed by atoms with Gasteiger partial charge in [-0.1, -0.05) is 6.92 Å². The normalized spacial score (nSPS) is 20.2. The lowest BCUT2D eigenvalue weighted by atomic mass is 10.0. The maximum atomic E-state index is 12.8. The van der Waals surface area contributed by atoms with Gasteiger partial charge in [0.15, 0.2) is 0 Å². The minimum absolute atomic E-state index is 0.0813. The van der Waals surface area contributed by atoms with Crippen LogP contribution in [0.2, 0.25) is 0 Å². The lowest BCUT2D eigenvalue weighted by molar-refractivity contribution is 0.0923. The highest BCUT2D eigenvalue weighted by atomic mass is 19.1. The van der Waals surface area contributed by atoms with Gasteiger partial charge in [0.2, 0.25) is 0 Å². The topological polar surface area (TPSA) is 32.3 Å². The molecular formula is C15H20FN2O. The molecule has 0 bridgehead atoms. The van der Waals surface area contributed by atoms with E-state index in [0.29, 0.717) is 5.56 Å². The third-order valence-corrected chi connectivity index (χ3v) is 3.31. The summed E-state index contributed by atoms with van der Waals surface area (Å²) in [7, 11) is 0. The SMILES string of the molecule is CCCN1CC[CH]C(NC(=O)c2ccc(F)cc2)C1. The summed E-state index contributed by atoms with van der Waals surface area (Å²) in [6.07, 6.45) is 4.26. The summed E-state index contributed by atoms with van der Waals surface area (Å²) >= 11 is 0. The van der Waals surface area contributed by atoms with Crippen molar-refractivity contribution in [1.82, 2.24) is 10.2 Å². The first-order valence-corrected chi connectivity index (χ1v) is 6.81. The second kappa shape index (κ2) is 6.66. The molecule has 1 atom stereocenters. The van der Waals surface area contributed by atoms with Crippen LogP contribution in [-0.2, 0) is 0 Å². The van der Waals surface area contributed by atoms with Gasteiger partial charge in [-0.15, -0.1) is 0 Å². The van der Waals surface area contributed by atoms with Gasteiger partial charge in [0, 0.05) is 18.2 Å². The number of amides is 1. The van der Waals surface area contributed by atoms with E-state index < -0.39 is 0 Å². The van der Waals surface area contributed by atoms with Crippen LogP contribution in [0.4, 0.5) is 4.39 Å². The van der Waals surface area contributed by atoms with Crippen molar-refractivity contribution < 1.29 is 9.18 Å². The second-order valence-electron chi connectivity index (χ2n) is 4.91. The maximum absolute atomic E-state index is 12.8. The molecule has 3 nitrogen and oxygen atoms in total. The molecule has 1 fully saturated rings. The third kappa shape index (κ3) is 4.03. The van der Waals surface area contributed by atoms with E-state index >= 15 is 0 Å². The lowest BCUT2D eigenvalue weighted by Crippen LogP contribution is -2.48. The lowest BCUT2D eigenvalue weighted by Gasteiger charge is -2.32. The second-order valence-corrected chi connectivity index (χ2v) is 4.91. The zero-order valence-electron chi connectivity index (χ0n) is 11.2. The summed E-state index contributed by atoms with van der Waals surface area (Å²) in [6, 6.07) is 5.72. The van der Waals surface area contributed by atoms with E-state index in [9.17, 15) is 9.18 Å². The molecule has 19 heavy (non-hydrogen) atoms. The number of nitrogens with one attached hydrogen (secondary N) is 1. The van der Waals surface area contributed by atoms with Crippen LogP contribution in [0.3, 0.4) is 0 Å². The molecule has 1 unspecified atom stereocenters. The largest absolute Gasteiger partial charge is 0.348 e.